The Morgan fingerprint density at radius 1 is 1.03 bits per heavy atom. The van der Waals surface area contributed by atoms with Crippen LogP contribution in [-0.4, -0.2) is 32.2 Å². The van der Waals surface area contributed by atoms with E-state index in [1.807, 2.05) is 12.1 Å². The Morgan fingerprint density at radius 2 is 1.78 bits per heavy atom. The molecule has 0 atom stereocenters. The van der Waals surface area contributed by atoms with Gasteiger partial charge in [-0.2, -0.15) is 0 Å². The predicted molar refractivity (Wildman–Crippen MR) is 128 cm³/mol. The lowest BCUT2D eigenvalue weighted by molar-refractivity contribution is 0.0997. The molecule has 2 N–H and O–H groups in total. The lowest BCUT2D eigenvalue weighted by Gasteiger charge is -2.12. The Balaban J connectivity index is 1.60. The van der Waals surface area contributed by atoms with Gasteiger partial charge < -0.3 is 24.5 Å². The highest BCUT2D eigenvalue weighted by Crippen LogP contribution is 2.28. The standard InChI is InChI=1S/C25H29ClN2O4/c1-17(2)27-12-4-5-13-31-22-15-20(14-21(16-22)30-3)28-25(29)24-11-10-23(32-24)18-6-8-19(26)9-7-18/h6-11,14-17,27H,4-5,12-13H2,1-3H3,(H,28,29). The zero-order valence-corrected chi connectivity index (χ0v) is 19.4. The van der Waals surface area contributed by atoms with Gasteiger partial charge in [0.05, 0.1) is 13.7 Å². The molecule has 0 aliphatic heterocycles. The van der Waals surface area contributed by atoms with Crippen LogP contribution >= 0.6 is 11.6 Å². The number of carbonyl (C=O) groups excluding carboxylic acids is 1. The number of anilines is 1. The van der Waals surface area contributed by atoms with Crippen LogP contribution in [0, 0.1) is 0 Å². The van der Waals surface area contributed by atoms with Crippen molar-refractivity contribution in [2.24, 2.45) is 0 Å². The maximum atomic E-state index is 12.7. The van der Waals surface area contributed by atoms with Crippen molar-refractivity contribution in [3.05, 3.63) is 65.4 Å². The van der Waals surface area contributed by atoms with Crippen molar-refractivity contribution in [1.82, 2.24) is 5.32 Å². The van der Waals surface area contributed by atoms with Crippen LogP contribution < -0.4 is 20.1 Å². The quantitative estimate of drug-likeness (QED) is 0.345. The molecule has 0 unspecified atom stereocenters. The molecule has 2 aromatic carbocycles. The van der Waals surface area contributed by atoms with Crippen molar-refractivity contribution in [3.8, 4) is 22.8 Å². The summed E-state index contributed by atoms with van der Waals surface area (Å²) < 4.78 is 16.9. The number of rotatable bonds is 11. The van der Waals surface area contributed by atoms with Crippen LogP contribution in [0.5, 0.6) is 11.5 Å². The molecule has 170 valence electrons. The first-order chi connectivity index (χ1) is 15.4. The zero-order valence-electron chi connectivity index (χ0n) is 18.6. The normalized spacial score (nSPS) is 10.9. The van der Waals surface area contributed by atoms with Crippen molar-refractivity contribution in [2.45, 2.75) is 32.7 Å². The highest BCUT2D eigenvalue weighted by molar-refractivity contribution is 6.30. The van der Waals surface area contributed by atoms with Gasteiger partial charge in [0.15, 0.2) is 5.76 Å². The van der Waals surface area contributed by atoms with E-state index in [-0.39, 0.29) is 11.7 Å². The van der Waals surface area contributed by atoms with Crippen LogP contribution in [0.15, 0.2) is 59.0 Å². The van der Waals surface area contributed by atoms with E-state index in [1.165, 1.54) is 0 Å². The smallest absolute Gasteiger partial charge is 0.291 e. The zero-order chi connectivity index (χ0) is 22.9. The molecule has 3 aromatic rings. The molecule has 0 aliphatic rings. The summed E-state index contributed by atoms with van der Waals surface area (Å²) in [6, 6.07) is 16.4. The second kappa shape index (κ2) is 11.6. The maximum absolute atomic E-state index is 12.7. The number of ether oxygens (including phenoxy) is 2. The van der Waals surface area contributed by atoms with Crippen LogP contribution in [0.4, 0.5) is 5.69 Å². The van der Waals surface area contributed by atoms with Gasteiger partial charge in [0.1, 0.15) is 17.3 Å². The first-order valence-corrected chi connectivity index (χ1v) is 11.0. The average Bonchev–Trinajstić information content (AvgIpc) is 3.27. The van der Waals surface area contributed by atoms with Crippen LogP contribution in [-0.2, 0) is 0 Å². The monoisotopic (exact) mass is 456 g/mol. The number of nitrogens with one attached hydrogen (secondary N) is 2. The summed E-state index contributed by atoms with van der Waals surface area (Å²) in [6.45, 7) is 5.80. The number of hydrogen-bond donors (Lipinski definition) is 2. The van der Waals surface area contributed by atoms with Gasteiger partial charge in [-0.15, -0.1) is 0 Å². The van der Waals surface area contributed by atoms with Crippen molar-refractivity contribution in [1.29, 1.82) is 0 Å². The number of amides is 1. The van der Waals surface area contributed by atoms with E-state index in [1.54, 1.807) is 49.6 Å². The SMILES string of the molecule is COc1cc(NC(=O)c2ccc(-c3ccc(Cl)cc3)o2)cc(OCCCCNC(C)C)c1. The number of methoxy groups -OCH3 is 1. The molecule has 3 rings (SSSR count). The van der Waals surface area contributed by atoms with Gasteiger partial charge in [0.25, 0.3) is 5.91 Å². The first kappa shape index (κ1) is 23.7. The largest absolute Gasteiger partial charge is 0.497 e. The highest BCUT2D eigenvalue weighted by atomic mass is 35.5. The third-order valence-corrected chi connectivity index (χ3v) is 4.98. The molecule has 32 heavy (non-hydrogen) atoms. The number of unbranched alkanes of at least 4 members (excludes halogenated alkanes) is 1. The molecule has 0 bridgehead atoms. The second-order valence-electron chi connectivity index (χ2n) is 7.69. The molecule has 0 saturated heterocycles. The minimum Gasteiger partial charge on any atom is -0.497 e. The third kappa shape index (κ3) is 7.04. The van der Waals surface area contributed by atoms with Gasteiger partial charge in [0, 0.05) is 40.5 Å². The van der Waals surface area contributed by atoms with Gasteiger partial charge in [-0.1, -0.05) is 25.4 Å². The van der Waals surface area contributed by atoms with E-state index >= 15 is 0 Å². The molecule has 0 radical (unpaired) electrons. The summed E-state index contributed by atoms with van der Waals surface area (Å²) in [5.74, 6) is 1.67. The summed E-state index contributed by atoms with van der Waals surface area (Å²) in [5.41, 5.74) is 1.41. The number of furan rings is 1. The van der Waals surface area contributed by atoms with Crippen molar-refractivity contribution < 1.29 is 18.7 Å². The van der Waals surface area contributed by atoms with E-state index in [2.05, 4.69) is 24.5 Å². The Morgan fingerprint density at radius 3 is 2.50 bits per heavy atom. The van der Waals surface area contributed by atoms with Crippen LogP contribution in [0.1, 0.15) is 37.2 Å². The minimum absolute atomic E-state index is 0.206. The van der Waals surface area contributed by atoms with Crippen molar-refractivity contribution in [2.75, 3.05) is 25.6 Å². The van der Waals surface area contributed by atoms with Gasteiger partial charge in [-0.25, -0.2) is 0 Å². The summed E-state index contributed by atoms with van der Waals surface area (Å²) in [4.78, 5) is 12.7. The summed E-state index contributed by atoms with van der Waals surface area (Å²) in [7, 11) is 1.58. The van der Waals surface area contributed by atoms with Gasteiger partial charge >= 0.3 is 0 Å². The fourth-order valence-corrected chi connectivity index (χ4v) is 3.20. The van der Waals surface area contributed by atoms with Crippen LogP contribution in [0.25, 0.3) is 11.3 Å². The summed E-state index contributed by atoms with van der Waals surface area (Å²) in [6.07, 6.45) is 1.96. The fourth-order valence-electron chi connectivity index (χ4n) is 3.07. The van der Waals surface area contributed by atoms with Gasteiger partial charge in [0.2, 0.25) is 0 Å². The Kier molecular flexibility index (Phi) is 8.59. The Bertz CT molecular complexity index is 1020. The molecule has 1 heterocycles. The van der Waals surface area contributed by atoms with Crippen molar-refractivity contribution >= 4 is 23.2 Å². The topological polar surface area (TPSA) is 72.7 Å². The molecule has 0 fully saturated rings. The minimum atomic E-state index is -0.357. The molecule has 6 nitrogen and oxygen atoms in total. The van der Waals surface area contributed by atoms with Gasteiger partial charge in [-0.3, -0.25) is 4.79 Å². The molecule has 0 saturated carbocycles. The Labute approximate surface area is 193 Å². The molecule has 0 spiro atoms. The van der Waals surface area contributed by atoms with E-state index < -0.39 is 0 Å². The molecular weight excluding hydrogens is 428 g/mol. The number of hydrogen-bond acceptors (Lipinski definition) is 5. The van der Waals surface area contributed by atoms with E-state index in [0.717, 1.165) is 24.9 Å². The molecule has 7 heteroatoms. The van der Waals surface area contributed by atoms with Gasteiger partial charge in [-0.05, 0) is 55.8 Å². The first-order valence-electron chi connectivity index (χ1n) is 10.7. The van der Waals surface area contributed by atoms with E-state index in [9.17, 15) is 4.79 Å². The van der Waals surface area contributed by atoms with E-state index in [4.69, 9.17) is 25.5 Å². The molecule has 1 aromatic heterocycles. The third-order valence-electron chi connectivity index (χ3n) is 4.72. The number of halogens is 1. The second-order valence-corrected chi connectivity index (χ2v) is 8.12. The van der Waals surface area contributed by atoms with Crippen molar-refractivity contribution in [3.63, 3.8) is 0 Å². The average molecular weight is 457 g/mol. The fraction of sp³-hybridized carbons (Fsp3) is 0.320. The highest BCUT2D eigenvalue weighted by Gasteiger charge is 2.14. The number of benzene rings is 2. The van der Waals surface area contributed by atoms with Crippen LogP contribution in [0.2, 0.25) is 5.02 Å². The maximum Gasteiger partial charge on any atom is 0.291 e. The number of carbonyl (C=O) groups is 1. The Hall–Kier alpha value is -2.96. The molecule has 1 amide bonds. The summed E-state index contributed by atoms with van der Waals surface area (Å²) >= 11 is 5.93. The lowest BCUT2D eigenvalue weighted by atomic mass is 10.2. The summed E-state index contributed by atoms with van der Waals surface area (Å²) in [5, 5.41) is 6.87. The predicted octanol–water partition coefficient (Wildman–Crippen LogP) is 6.02. The molecular formula is C25H29ClN2O4. The van der Waals surface area contributed by atoms with Crippen LogP contribution in [0.3, 0.4) is 0 Å². The molecule has 0 aliphatic carbocycles. The lowest BCUT2D eigenvalue weighted by Crippen LogP contribution is -2.23. The van der Waals surface area contributed by atoms with E-state index in [0.29, 0.717) is 40.6 Å².